The number of amides is 1. The van der Waals surface area contributed by atoms with Gasteiger partial charge in [-0.2, -0.15) is 0 Å². The molecule has 3 heterocycles. The number of aliphatic hydroxyl groups excluding tert-OH is 1. The second-order valence-corrected chi connectivity index (χ2v) is 9.70. The first-order valence-corrected chi connectivity index (χ1v) is 12.2. The summed E-state index contributed by atoms with van der Waals surface area (Å²) in [7, 11) is 2.77. The summed E-state index contributed by atoms with van der Waals surface area (Å²) in [6.07, 6.45) is 3.01. The molecule has 0 saturated carbocycles. The highest BCUT2D eigenvalue weighted by Gasteiger charge is 2.48. The number of hydrogen-bond acceptors (Lipinski definition) is 8. The number of methoxy groups -OCH3 is 2. The second-order valence-electron chi connectivity index (χ2n) is 7.87. The summed E-state index contributed by atoms with van der Waals surface area (Å²) < 4.78 is 25.1. The molecule has 188 valence electrons. The Kier molecular flexibility index (Phi) is 6.49. The molecule has 1 fully saturated rings. The fraction of sp³-hybridized carbons (Fsp3) is 0.120. The monoisotopic (exact) mass is 559 g/mol. The lowest BCUT2D eigenvalue weighted by atomic mass is 9.96. The molecule has 1 unspecified atom stereocenters. The topological polar surface area (TPSA) is 102 Å². The van der Waals surface area contributed by atoms with Crippen LogP contribution >= 0.6 is 34.5 Å². The van der Waals surface area contributed by atoms with Crippen LogP contribution in [0.5, 0.6) is 11.5 Å². The normalized spacial score (nSPS) is 17.0. The average Bonchev–Trinajstić information content (AvgIpc) is 3.41. The predicted octanol–water partition coefficient (Wildman–Crippen LogP) is 5.78. The average molecular weight is 560 g/mol. The maximum absolute atomic E-state index is 14.1. The van der Waals surface area contributed by atoms with Gasteiger partial charge in [-0.3, -0.25) is 19.5 Å². The molecule has 1 N–H and O–H groups in total. The molecule has 1 aliphatic rings. The molecule has 37 heavy (non-hydrogen) atoms. The Bertz CT molecular complexity index is 1570. The predicted molar refractivity (Wildman–Crippen MR) is 138 cm³/mol. The molecule has 1 aliphatic heterocycles. The first-order valence-electron chi connectivity index (χ1n) is 10.6. The lowest BCUT2D eigenvalue weighted by molar-refractivity contribution is -0.132. The van der Waals surface area contributed by atoms with Crippen molar-refractivity contribution in [1.29, 1.82) is 0 Å². The zero-order chi connectivity index (χ0) is 26.4. The highest BCUT2D eigenvalue weighted by Crippen LogP contribution is 2.46. The number of nitrogens with zero attached hydrogens (tertiary/aromatic N) is 3. The number of hydrogen-bond donors (Lipinski definition) is 1. The lowest BCUT2D eigenvalue weighted by Gasteiger charge is -2.23. The Morgan fingerprint density at radius 2 is 1.86 bits per heavy atom. The summed E-state index contributed by atoms with van der Waals surface area (Å²) >= 11 is 13.1. The molecule has 0 radical (unpaired) electrons. The Hall–Kier alpha value is -3.73. The van der Waals surface area contributed by atoms with E-state index in [9.17, 15) is 19.1 Å². The zero-order valence-electron chi connectivity index (χ0n) is 19.2. The third-order valence-electron chi connectivity index (χ3n) is 5.80. The van der Waals surface area contributed by atoms with E-state index in [1.165, 1.54) is 50.9 Å². The number of ketones is 1. The lowest BCUT2D eigenvalue weighted by Crippen LogP contribution is -2.29. The van der Waals surface area contributed by atoms with Gasteiger partial charge in [-0.15, -0.1) is 0 Å². The van der Waals surface area contributed by atoms with Crippen molar-refractivity contribution >= 4 is 67.3 Å². The van der Waals surface area contributed by atoms with Crippen molar-refractivity contribution in [2.75, 3.05) is 19.1 Å². The van der Waals surface area contributed by atoms with Crippen LogP contribution in [0.25, 0.3) is 16.0 Å². The van der Waals surface area contributed by atoms with Gasteiger partial charge in [0, 0.05) is 18.5 Å². The molecule has 1 atom stereocenters. The van der Waals surface area contributed by atoms with Crippen molar-refractivity contribution in [3.63, 3.8) is 0 Å². The Morgan fingerprint density at radius 3 is 2.54 bits per heavy atom. The van der Waals surface area contributed by atoms with Gasteiger partial charge in [0.2, 0.25) is 0 Å². The minimum atomic E-state index is -1.10. The van der Waals surface area contributed by atoms with Gasteiger partial charge in [0.05, 0.1) is 51.7 Å². The molecule has 5 rings (SSSR count). The standard InChI is InChI=1S/C25H16Cl2FN3O5S/c1-35-17-8-14(27)18(36-2)6-12(17)22(32)20-21(11-4-3-5-29-10-11)31(24(34)23(20)33)25-30-16-7-13(26)15(28)9-19(16)37-25/h3-10,21,32H,1-2H3/b22-20+. The fourth-order valence-corrected chi connectivity index (χ4v) is 5.48. The molecule has 2 aromatic heterocycles. The number of pyridine rings is 1. The smallest absolute Gasteiger partial charge is 0.301 e. The van der Waals surface area contributed by atoms with Crippen molar-refractivity contribution in [3.8, 4) is 11.5 Å². The molecule has 2 aromatic carbocycles. The molecular formula is C25H16Cl2FN3O5S. The number of Topliss-reactive ketones (excluding diaryl/α,β-unsaturated/α-hetero) is 1. The molecule has 1 saturated heterocycles. The van der Waals surface area contributed by atoms with Crippen LogP contribution in [0.2, 0.25) is 10.0 Å². The number of carbonyl (C=O) groups excluding carboxylic acids is 2. The summed E-state index contributed by atoms with van der Waals surface area (Å²) in [5, 5.41) is 11.7. The van der Waals surface area contributed by atoms with Gasteiger partial charge in [0.1, 0.15) is 23.1 Å². The van der Waals surface area contributed by atoms with Crippen LogP contribution in [0.1, 0.15) is 17.2 Å². The number of thiazole rings is 1. The van der Waals surface area contributed by atoms with Crippen LogP contribution in [-0.2, 0) is 9.59 Å². The van der Waals surface area contributed by atoms with Gasteiger partial charge in [-0.05, 0) is 29.8 Å². The largest absolute Gasteiger partial charge is 0.507 e. The molecule has 0 aliphatic carbocycles. The van der Waals surface area contributed by atoms with Crippen LogP contribution in [-0.4, -0.2) is 41.0 Å². The van der Waals surface area contributed by atoms with Crippen molar-refractivity contribution in [1.82, 2.24) is 9.97 Å². The van der Waals surface area contributed by atoms with E-state index in [0.29, 0.717) is 15.8 Å². The number of aliphatic hydroxyl groups is 1. The molecule has 0 bridgehead atoms. The number of anilines is 1. The van der Waals surface area contributed by atoms with Gasteiger partial charge >= 0.3 is 5.91 Å². The second kappa shape index (κ2) is 9.62. The number of ether oxygens (including phenoxy) is 2. The van der Waals surface area contributed by atoms with E-state index in [1.807, 2.05) is 0 Å². The van der Waals surface area contributed by atoms with Crippen molar-refractivity contribution in [2.45, 2.75) is 6.04 Å². The van der Waals surface area contributed by atoms with E-state index in [4.69, 9.17) is 32.7 Å². The zero-order valence-corrected chi connectivity index (χ0v) is 21.5. The number of carbonyl (C=O) groups is 2. The van der Waals surface area contributed by atoms with Crippen LogP contribution in [0.3, 0.4) is 0 Å². The van der Waals surface area contributed by atoms with E-state index < -0.39 is 29.3 Å². The van der Waals surface area contributed by atoms with E-state index in [2.05, 4.69) is 9.97 Å². The summed E-state index contributed by atoms with van der Waals surface area (Å²) in [6.45, 7) is 0. The molecule has 1 amide bonds. The summed E-state index contributed by atoms with van der Waals surface area (Å²) in [5.74, 6) is -2.65. The first kappa shape index (κ1) is 24.9. The number of aromatic nitrogens is 2. The molecule has 12 heteroatoms. The molecule has 4 aromatic rings. The maximum Gasteiger partial charge on any atom is 0.301 e. The van der Waals surface area contributed by atoms with E-state index >= 15 is 0 Å². The van der Waals surface area contributed by atoms with E-state index in [-0.39, 0.29) is 37.8 Å². The fourth-order valence-electron chi connectivity index (χ4n) is 4.09. The van der Waals surface area contributed by atoms with E-state index in [1.54, 1.807) is 12.1 Å². The van der Waals surface area contributed by atoms with E-state index in [0.717, 1.165) is 16.2 Å². The Morgan fingerprint density at radius 1 is 1.11 bits per heavy atom. The highest BCUT2D eigenvalue weighted by molar-refractivity contribution is 7.22. The molecular weight excluding hydrogens is 544 g/mol. The van der Waals surface area contributed by atoms with Crippen LogP contribution < -0.4 is 14.4 Å². The number of rotatable bonds is 5. The SMILES string of the molecule is COc1cc(/C(O)=C2\C(=O)C(=O)N(c3nc4cc(Cl)c(F)cc4s3)C2c2cccnc2)c(OC)cc1Cl. The third kappa shape index (κ3) is 4.16. The van der Waals surface area contributed by atoms with Crippen molar-refractivity contribution in [2.24, 2.45) is 0 Å². The quantitative estimate of drug-likeness (QED) is 0.188. The van der Waals surface area contributed by atoms with Crippen molar-refractivity contribution in [3.05, 3.63) is 81.4 Å². The highest BCUT2D eigenvalue weighted by atomic mass is 35.5. The molecule has 0 spiro atoms. The Balaban J connectivity index is 1.76. The van der Waals surface area contributed by atoms with Gasteiger partial charge in [0.15, 0.2) is 5.13 Å². The van der Waals surface area contributed by atoms with Crippen LogP contribution in [0.4, 0.5) is 9.52 Å². The van der Waals surface area contributed by atoms with Crippen LogP contribution in [0, 0.1) is 5.82 Å². The summed E-state index contributed by atoms with van der Waals surface area (Å²) in [6, 6.07) is 7.58. The first-order chi connectivity index (χ1) is 17.7. The minimum Gasteiger partial charge on any atom is -0.507 e. The van der Waals surface area contributed by atoms with Gasteiger partial charge in [-0.1, -0.05) is 40.6 Å². The van der Waals surface area contributed by atoms with Gasteiger partial charge in [0.25, 0.3) is 5.78 Å². The number of fused-ring (bicyclic) bond motifs is 1. The number of halogens is 3. The third-order valence-corrected chi connectivity index (χ3v) is 7.40. The molecule has 8 nitrogen and oxygen atoms in total. The summed E-state index contributed by atoms with van der Waals surface area (Å²) in [5.41, 5.74) is 0.659. The van der Waals surface area contributed by atoms with Gasteiger partial charge < -0.3 is 14.6 Å². The van der Waals surface area contributed by atoms with Crippen molar-refractivity contribution < 1.29 is 28.6 Å². The maximum atomic E-state index is 14.1. The summed E-state index contributed by atoms with van der Waals surface area (Å²) in [4.78, 5) is 36.5. The number of benzene rings is 2. The van der Waals surface area contributed by atoms with Crippen LogP contribution in [0.15, 0.2) is 54.4 Å². The minimum absolute atomic E-state index is 0.0915. The Labute approximate surface area is 223 Å². The van der Waals surface area contributed by atoms with Gasteiger partial charge in [-0.25, -0.2) is 9.37 Å².